The lowest BCUT2D eigenvalue weighted by atomic mass is 9.99. The molecule has 2 aromatic carbocycles. The summed E-state index contributed by atoms with van der Waals surface area (Å²) in [5, 5.41) is 1.91. The molecule has 0 saturated heterocycles. The van der Waals surface area contributed by atoms with Crippen LogP contribution in [-0.4, -0.2) is 13.0 Å². The largest absolute Gasteiger partial charge is 0.294 e. The molecule has 0 spiro atoms. The van der Waals surface area contributed by atoms with E-state index >= 15 is 0 Å². The number of hydrogen-bond acceptors (Lipinski definition) is 2. The van der Waals surface area contributed by atoms with Crippen LogP contribution in [0.3, 0.4) is 0 Å². The first kappa shape index (κ1) is 13.1. The van der Waals surface area contributed by atoms with Gasteiger partial charge < -0.3 is 0 Å². The fourth-order valence-corrected chi connectivity index (χ4v) is 3.04. The van der Waals surface area contributed by atoms with Gasteiger partial charge in [0.15, 0.2) is 0 Å². The molecule has 0 aliphatic carbocycles. The number of hydrogen-bond donors (Lipinski definition) is 1. The van der Waals surface area contributed by atoms with Crippen LogP contribution in [0.25, 0.3) is 10.8 Å². The van der Waals surface area contributed by atoms with Gasteiger partial charge in [0.05, 0.1) is 4.90 Å². The summed E-state index contributed by atoms with van der Waals surface area (Å²) >= 11 is 0. The summed E-state index contributed by atoms with van der Waals surface area (Å²) in [6.45, 7) is 3.95. The summed E-state index contributed by atoms with van der Waals surface area (Å²) in [5.41, 5.74) is 1.84. The van der Waals surface area contributed by atoms with E-state index in [-0.39, 0.29) is 4.90 Å². The van der Waals surface area contributed by atoms with Gasteiger partial charge in [0.2, 0.25) is 0 Å². The van der Waals surface area contributed by atoms with E-state index in [9.17, 15) is 13.0 Å². The third-order valence-electron chi connectivity index (χ3n) is 3.19. The minimum absolute atomic E-state index is 0.0192. The van der Waals surface area contributed by atoms with Crippen LogP contribution < -0.4 is 0 Å². The minimum atomic E-state index is -4.16. The van der Waals surface area contributed by atoms with E-state index in [1.165, 1.54) is 6.07 Å². The van der Waals surface area contributed by atoms with Gasteiger partial charge in [-0.2, -0.15) is 8.42 Å². The fraction of sp³-hybridized carbons (Fsp3) is 0.286. The zero-order valence-corrected chi connectivity index (χ0v) is 11.3. The van der Waals surface area contributed by atoms with Crippen molar-refractivity contribution in [3.8, 4) is 0 Å². The summed E-state index contributed by atoms with van der Waals surface area (Å²) in [5.74, 6) is 0. The number of benzene rings is 2. The third kappa shape index (κ3) is 2.26. The molecule has 0 aliphatic heterocycles. The Hall–Kier alpha value is -1.39. The smallest absolute Gasteiger partial charge is 0.282 e. The summed E-state index contributed by atoms with van der Waals surface area (Å²) < 4.78 is 32.0. The summed E-state index contributed by atoms with van der Waals surface area (Å²) in [4.78, 5) is 0.0192. The van der Waals surface area contributed by atoms with Crippen LogP contribution in [0.5, 0.6) is 0 Å². The van der Waals surface area contributed by atoms with Crippen molar-refractivity contribution >= 4 is 20.9 Å². The monoisotopic (exact) mass is 264 g/mol. The molecule has 2 aromatic rings. The van der Waals surface area contributed by atoms with E-state index in [0.717, 1.165) is 22.8 Å². The molecule has 0 aliphatic rings. The molecule has 18 heavy (non-hydrogen) atoms. The zero-order chi connectivity index (χ0) is 13.3. The maximum absolute atomic E-state index is 11.4. The molecule has 0 saturated carbocycles. The first-order valence-corrected chi connectivity index (χ1v) is 7.43. The molecular formula is C14H16O3S. The number of rotatable bonds is 3. The zero-order valence-electron chi connectivity index (χ0n) is 10.5. The molecule has 0 unspecified atom stereocenters. The summed E-state index contributed by atoms with van der Waals surface area (Å²) in [6.07, 6.45) is 1.47. The Bertz CT molecular complexity index is 687. The average molecular weight is 264 g/mol. The van der Waals surface area contributed by atoms with E-state index in [1.807, 2.05) is 25.1 Å². The van der Waals surface area contributed by atoms with Gasteiger partial charge in [0, 0.05) is 0 Å². The lowest BCUT2D eigenvalue weighted by molar-refractivity contribution is 0.482. The van der Waals surface area contributed by atoms with Crippen LogP contribution >= 0.6 is 0 Å². The van der Waals surface area contributed by atoms with Crippen LogP contribution in [0.4, 0.5) is 0 Å². The second-order valence-corrected chi connectivity index (χ2v) is 5.67. The van der Waals surface area contributed by atoms with Crippen molar-refractivity contribution in [3.63, 3.8) is 0 Å². The molecule has 0 radical (unpaired) electrons. The van der Waals surface area contributed by atoms with Crippen LogP contribution in [0.2, 0.25) is 0 Å². The van der Waals surface area contributed by atoms with Crippen molar-refractivity contribution in [2.75, 3.05) is 0 Å². The summed E-state index contributed by atoms with van der Waals surface area (Å²) in [7, 11) is -4.16. The van der Waals surface area contributed by atoms with Crippen molar-refractivity contribution in [1.29, 1.82) is 0 Å². The number of aryl methyl sites for hydroxylation is 2. The highest BCUT2D eigenvalue weighted by Crippen LogP contribution is 2.27. The Balaban J connectivity index is 2.85. The maximum Gasteiger partial charge on any atom is 0.294 e. The van der Waals surface area contributed by atoms with Gasteiger partial charge in [-0.1, -0.05) is 38.1 Å². The molecule has 0 atom stereocenters. The molecule has 3 nitrogen and oxygen atoms in total. The Morgan fingerprint density at radius 2 is 1.72 bits per heavy atom. The topological polar surface area (TPSA) is 54.4 Å². The first-order chi connectivity index (χ1) is 8.47. The van der Waals surface area contributed by atoms with E-state index in [1.54, 1.807) is 6.07 Å². The SMILES string of the molecule is CCc1ccc2ccc(S(=O)(=O)O)c(CC)c2c1. The van der Waals surface area contributed by atoms with Crippen molar-refractivity contribution < 1.29 is 13.0 Å². The van der Waals surface area contributed by atoms with E-state index < -0.39 is 10.1 Å². The normalized spacial score (nSPS) is 11.9. The standard InChI is InChI=1S/C14H16O3S/c1-3-10-5-6-11-7-8-14(18(15,16)17)12(4-2)13(11)9-10/h5-9H,3-4H2,1-2H3,(H,15,16,17). The molecule has 0 amide bonds. The third-order valence-corrected chi connectivity index (χ3v) is 4.13. The second-order valence-electron chi connectivity index (χ2n) is 4.28. The second kappa shape index (κ2) is 4.71. The number of fused-ring (bicyclic) bond motifs is 1. The molecule has 4 heteroatoms. The van der Waals surface area contributed by atoms with Gasteiger partial charge >= 0.3 is 0 Å². The molecule has 96 valence electrons. The van der Waals surface area contributed by atoms with E-state index in [0.29, 0.717) is 12.0 Å². The molecule has 1 N–H and O–H groups in total. The van der Waals surface area contributed by atoms with Gasteiger partial charge in [0.1, 0.15) is 0 Å². The first-order valence-electron chi connectivity index (χ1n) is 5.99. The van der Waals surface area contributed by atoms with Gasteiger partial charge in [0.25, 0.3) is 10.1 Å². The minimum Gasteiger partial charge on any atom is -0.282 e. The van der Waals surface area contributed by atoms with E-state index in [2.05, 4.69) is 6.92 Å². The highest BCUT2D eigenvalue weighted by Gasteiger charge is 2.16. The van der Waals surface area contributed by atoms with Crippen LogP contribution in [-0.2, 0) is 23.0 Å². The van der Waals surface area contributed by atoms with Crippen molar-refractivity contribution in [3.05, 3.63) is 41.5 Å². The molecular weight excluding hydrogens is 248 g/mol. The van der Waals surface area contributed by atoms with Crippen molar-refractivity contribution in [2.24, 2.45) is 0 Å². The average Bonchev–Trinajstić information content (AvgIpc) is 2.35. The van der Waals surface area contributed by atoms with Crippen LogP contribution in [0.15, 0.2) is 35.2 Å². The van der Waals surface area contributed by atoms with E-state index in [4.69, 9.17) is 0 Å². The van der Waals surface area contributed by atoms with Gasteiger partial charge in [-0.25, -0.2) is 0 Å². The van der Waals surface area contributed by atoms with Gasteiger partial charge in [-0.05, 0) is 40.8 Å². The lowest BCUT2D eigenvalue weighted by Gasteiger charge is -2.10. The molecule has 2 rings (SSSR count). The van der Waals surface area contributed by atoms with Gasteiger partial charge in [-0.15, -0.1) is 0 Å². The van der Waals surface area contributed by atoms with Crippen LogP contribution in [0, 0.1) is 0 Å². The highest BCUT2D eigenvalue weighted by atomic mass is 32.2. The Kier molecular flexibility index (Phi) is 3.41. The Morgan fingerprint density at radius 1 is 1.06 bits per heavy atom. The fourth-order valence-electron chi connectivity index (χ4n) is 2.24. The van der Waals surface area contributed by atoms with Crippen molar-refractivity contribution in [1.82, 2.24) is 0 Å². The Morgan fingerprint density at radius 3 is 2.28 bits per heavy atom. The Labute approximate surface area is 107 Å². The quantitative estimate of drug-likeness (QED) is 0.866. The van der Waals surface area contributed by atoms with Crippen LogP contribution in [0.1, 0.15) is 25.0 Å². The molecule has 0 heterocycles. The highest BCUT2D eigenvalue weighted by molar-refractivity contribution is 7.85. The molecule has 0 fully saturated rings. The maximum atomic E-state index is 11.4. The molecule has 0 aromatic heterocycles. The predicted octanol–water partition coefficient (Wildman–Crippen LogP) is 3.21. The predicted molar refractivity (Wildman–Crippen MR) is 72.5 cm³/mol. The van der Waals surface area contributed by atoms with Crippen molar-refractivity contribution in [2.45, 2.75) is 31.6 Å². The lowest BCUT2D eigenvalue weighted by Crippen LogP contribution is -2.03. The summed E-state index contributed by atoms with van der Waals surface area (Å²) in [6, 6.07) is 9.23. The molecule has 0 bridgehead atoms. The van der Waals surface area contributed by atoms with Gasteiger partial charge in [-0.3, -0.25) is 4.55 Å².